The Hall–Kier alpha value is -3.92. The van der Waals surface area contributed by atoms with Gasteiger partial charge in [-0.2, -0.15) is 0 Å². The van der Waals surface area contributed by atoms with Gasteiger partial charge in [0.2, 0.25) is 0 Å². The number of nitrogens with zero attached hydrogens (tertiary/aromatic N) is 4. The predicted octanol–water partition coefficient (Wildman–Crippen LogP) is 3.96. The third kappa shape index (κ3) is 5.82. The van der Waals surface area contributed by atoms with E-state index in [1.54, 1.807) is 31.7 Å². The van der Waals surface area contributed by atoms with Gasteiger partial charge in [0.05, 0.1) is 11.3 Å². The second-order valence-electron chi connectivity index (χ2n) is 6.28. The largest absolute Gasteiger partial charge is 0.487 e. The normalized spacial score (nSPS) is 12.1. The summed E-state index contributed by atoms with van der Waals surface area (Å²) in [6.07, 6.45) is 8.83. The Balaban J connectivity index is 1.90. The number of benzene rings is 1. The van der Waals surface area contributed by atoms with Crippen LogP contribution in [0.3, 0.4) is 0 Å². The van der Waals surface area contributed by atoms with Crippen molar-refractivity contribution in [2.75, 3.05) is 12.4 Å². The topological polar surface area (TPSA) is 115 Å². The van der Waals surface area contributed by atoms with Gasteiger partial charge in [0, 0.05) is 72.0 Å². The summed E-state index contributed by atoms with van der Waals surface area (Å²) in [6.45, 7) is 0. The average molecular weight is 459 g/mol. The number of amides is 1. The van der Waals surface area contributed by atoms with E-state index >= 15 is 0 Å². The molecule has 0 aliphatic carbocycles. The summed E-state index contributed by atoms with van der Waals surface area (Å²) < 4.78 is 29.7. The van der Waals surface area contributed by atoms with E-state index in [1.165, 1.54) is 43.0 Å². The van der Waals surface area contributed by atoms with Crippen molar-refractivity contribution in [2.45, 2.75) is 5.57 Å². The van der Waals surface area contributed by atoms with Gasteiger partial charge in [-0.1, -0.05) is 0 Å². The van der Waals surface area contributed by atoms with Crippen LogP contribution in [0.25, 0.3) is 16.7 Å². The SMILES string of the molecule is CN=CC(=CN)c1ncc(C(=O)Nc2ccc(OC(F)(F)Cl)cc2)cc1-c1cncnc1. The van der Waals surface area contributed by atoms with Crippen LogP contribution >= 0.6 is 11.6 Å². The molecule has 0 bridgehead atoms. The molecule has 0 aliphatic heterocycles. The van der Waals surface area contributed by atoms with E-state index in [4.69, 9.17) is 17.3 Å². The molecular weight excluding hydrogens is 442 g/mol. The maximum Gasteiger partial charge on any atom is 0.487 e. The minimum atomic E-state index is -3.82. The van der Waals surface area contributed by atoms with Gasteiger partial charge in [0.25, 0.3) is 5.91 Å². The number of allylic oxidation sites excluding steroid dienone is 1. The van der Waals surface area contributed by atoms with Crippen LogP contribution in [-0.2, 0) is 0 Å². The van der Waals surface area contributed by atoms with Crippen molar-refractivity contribution >= 4 is 35.0 Å². The molecule has 0 aliphatic rings. The van der Waals surface area contributed by atoms with Crippen LogP contribution in [0.15, 0.2) is 66.4 Å². The van der Waals surface area contributed by atoms with E-state index in [-0.39, 0.29) is 11.3 Å². The van der Waals surface area contributed by atoms with Gasteiger partial charge in [-0.15, -0.1) is 8.78 Å². The second kappa shape index (κ2) is 9.92. The summed E-state index contributed by atoms with van der Waals surface area (Å²) in [5, 5.41) is 2.66. The van der Waals surface area contributed by atoms with Crippen LogP contribution in [0, 0.1) is 0 Å². The molecule has 164 valence electrons. The third-order valence-electron chi connectivity index (χ3n) is 4.09. The lowest BCUT2D eigenvalue weighted by Crippen LogP contribution is -2.16. The Bertz CT molecular complexity index is 1150. The minimum Gasteiger partial charge on any atom is -0.420 e. The fourth-order valence-corrected chi connectivity index (χ4v) is 2.83. The van der Waals surface area contributed by atoms with Crippen LogP contribution in [0.4, 0.5) is 14.5 Å². The first-order valence-electron chi connectivity index (χ1n) is 9.07. The molecule has 0 spiro atoms. The summed E-state index contributed by atoms with van der Waals surface area (Å²) >= 11 is 4.74. The smallest absolute Gasteiger partial charge is 0.420 e. The standard InChI is InChI=1S/C21H17ClF2N6O2/c1-26-8-14(7-25)19-18(15-9-27-12-28-10-15)6-13(11-29-19)20(31)30-16-2-4-17(5-3-16)32-21(22,23)24/h2-12H,25H2,1H3,(H,30,31). The lowest BCUT2D eigenvalue weighted by Gasteiger charge is -2.13. The highest BCUT2D eigenvalue weighted by Gasteiger charge is 2.27. The molecular formula is C21H17ClF2N6O2. The van der Waals surface area contributed by atoms with Crippen molar-refractivity contribution in [3.05, 3.63) is 72.7 Å². The van der Waals surface area contributed by atoms with Crippen LogP contribution in [-0.4, -0.2) is 39.7 Å². The number of aliphatic imine (C=N–C) groups is 1. The van der Waals surface area contributed by atoms with E-state index in [2.05, 4.69) is 30.0 Å². The Morgan fingerprint density at radius 3 is 2.50 bits per heavy atom. The molecule has 0 saturated heterocycles. The Labute approximate surface area is 186 Å². The first-order chi connectivity index (χ1) is 15.3. The van der Waals surface area contributed by atoms with Gasteiger partial charge >= 0.3 is 5.57 Å². The van der Waals surface area contributed by atoms with Crippen molar-refractivity contribution < 1.29 is 18.3 Å². The fourth-order valence-electron chi connectivity index (χ4n) is 2.74. The number of pyridine rings is 1. The summed E-state index contributed by atoms with van der Waals surface area (Å²) in [6, 6.07) is 6.92. The molecule has 0 atom stereocenters. The Kier molecular flexibility index (Phi) is 7.06. The highest BCUT2D eigenvalue weighted by Crippen LogP contribution is 2.28. The maximum atomic E-state index is 12.8. The molecule has 1 aromatic carbocycles. The van der Waals surface area contributed by atoms with Gasteiger partial charge in [-0.3, -0.25) is 14.8 Å². The molecule has 1 amide bonds. The van der Waals surface area contributed by atoms with Gasteiger partial charge in [-0.05, 0) is 30.3 Å². The lowest BCUT2D eigenvalue weighted by atomic mass is 10.0. The maximum absolute atomic E-state index is 12.8. The highest BCUT2D eigenvalue weighted by molar-refractivity contribution is 6.20. The van der Waals surface area contributed by atoms with Crippen molar-refractivity contribution in [2.24, 2.45) is 10.7 Å². The number of hydrogen-bond acceptors (Lipinski definition) is 7. The molecule has 2 aromatic heterocycles. The molecule has 3 aromatic rings. The summed E-state index contributed by atoms with van der Waals surface area (Å²) in [5.41, 5.74) is 4.73. The molecule has 32 heavy (non-hydrogen) atoms. The van der Waals surface area contributed by atoms with Crippen molar-refractivity contribution in [3.63, 3.8) is 0 Å². The molecule has 3 N–H and O–H groups in total. The minimum absolute atomic E-state index is 0.154. The van der Waals surface area contributed by atoms with Crippen LogP contribution in [0.1, 0.15) is 16.1 Å². The predicted molar refractivity (Wildman–Crippen MR) is 118 cm³/mol. The van der Waals surface area contributed by atoms with Crippen molar-refractivity contribution in [1.82, 2.24) is 15.0 Å². The first kappa shape index (κ1) is 22.8. The molecule has 2 heterocycles. The van der Waals surface area contributed by atoms with E-state index in [9.17, 15) is 13.6 Å². The number of carbonyl (C=O) groups is 1. The molecule has 8 nitrogen and oxygen atoms in total. The quantitative estimate of drug-likeness (QED) is 0.409. The molecule has 0 fully saturated rings. The molecule has 0 saturated carbocycles. The number of alkyl halides is 3. The molecule has 3 rings (SSSR count). The number of ether oxygens (including phenoxy) is 1. The molecule has 0 radical (unpaired) electrons. The van der Waals surface area contributed by atoms with E-state index in [0.29, 0.717) is 28.1 Å². The third-order valence-corrected chi connectivity index (χ3v) is 4.17. The van der Waals surface area contributed by atoms with Gasteiger partial charge in [-0.25, -0.2) is 9.97 Å². The van der Waals surface area contributed by atoms with Crippen molar-refractivity contribution in [1.29, 1.82) is 0 Å². The van der Waals surface area contributed by atoms with Crippen LogP contribution in [0.5, 0.6) is 5.75 Å². The average Bonchev–Trinajstić information content (AvgIpc) is 2.78. The fraction of sp³-hybridized carbons (Fsp3) is 0.0952. The van der Waals surface area contributed by atoms with E-state index < -0.39 is 11.5 Å². The number of halogens is 3. The summed E-state index contributed by atoms with van der Waals surface area (Å²) in [5.74, 6) is -0.625. The number of hydrogen-bond donors (Lipinski definition) is 2. The van der Waals surface area contributed by atoms with Crippen molar-refractivity contribution in [3.8, 4) is 16.9 Å². The number of nitrogens with one attached hydrogen (secondary N) is 1. The number of rotatable bonds is 7. The zero-order chi connectivity index (χ0) is 23.1. The second-order valence-corrected chi connectivity index (χ2v) is 6.72. The monoisotopic (exact) mass is 458 g/mol. The molecule has 0 unspecified atom stereocenters. The number of aromatic nitrogens is 3. The Morgan fingerprint density at radius 1 is 1.22 bits per heavy atom. The van der Waals surface area contributed by atoms with E-state index in [1.807, 2.05) is 0 Å². The number of nitrogens with two attached hydrogens (primary N) is 1. The summed E-state index contributed by atoms with van der Waals surface area (Å²) in [4.78, 5) is 29.1. The lowest BCUT2D eigenvalue weighted by molar-refractivity contribution is -0.0964. The molecule has 11 heteroatoms. The van der Waals surface area contributed by atoms with E-state index in [0.717, 1.165) is 0 Å². The highest BCUT2D eigenvalue weighted by atomic mass is 35.5. The number of anilines is 1. The van der Waals surface area contributed by atoms with Gasteiger partial charge in [0.1, 0.15) is 12.1 Å². The van der Waals surface area contributed by atoms with Crippen LogP contribution < -0.4 is 15.8 Å². The van der Waals surface area contributed by atoms with Gasteiger partial charge < -0.3 is 15.8 Å². The summed E-state index contributed by atoms with van der Waals surface area (Å²) in [7, 11) is 1.60. The number of carbonyl (C=O) groups excluding carboxylic acids is 1. The van der Waals surface area contributed by atoms with Gasteiger partial charge in [0.15, 0.2) is 0 Å². The zero-order valence-electron chi connectivity index (χ0n) is 16.7. The zero-order valence-corrected chi connectivity index (χ0v) is 17.4. The Morgan fingerprint density at radius 2 is 1.91 bits per heavy atom. The first-order valence-corrected chi connectivity index (χ1v) is 9.45. The van der Waals surface area contributed by atoms with Crippen LogP contribution in [0.2, 0.25) is 0 Å².